The lowest BCUT2D eigenvalue weighted by atomic mass is 9.85. The zero-order valence-electron chi connectivity index (χ0n) is 10.2. The van der Waals surface area contributed by atoms with Gasteiger partial charge in [-0.3, -0.25) is 4.79 Å². The summed E-state index contributed by atoms with van der Waals surface area (Å²) < 4.78 is 0. The molecule has 0 aromatic heterocycles. The summed E-state index contributed by atoms with van der Waals surface area (Å²) in [5.41, 5.74) is 0.568. The van der Waals surface area contributed by atoms with Crippen molar-refractivity contribution in [3.8, 4) is 0 Å². The Hall–Kier alpha value is -1.35. The van der Waals surface area contributed by atoms with Crippen molar-refractivity contribution in [2.24, 2.45) is 5.41 Å². The van der Waals surface area contributed by atoms with Crippen LogP contribution in [0.25, 0.3) is 0 Å². The molecule has 0 bridgehead atoms. The predicted molar refractivity (Wildman–Crippen MR) is 64.7 cm³/mol. The Labute approximate surface area is 101 Å². The molecule has 1 aliphatic rings. The van der Waals surface area contributed by atoms with E-state index in [1.165, 1.54) is 0 Å². The van der Waals surface area contributed by atoms with Crippen LogP contribution in [0.15, 0.2) is 24.3 Å². The zero-order chi connectivity index (χ0) is 12.7. The van der Waals surface area contributed by atoms with Crippen LogP contribution in [0, 0.1) is 5.41 Å². The third kappa shape index (κ3) is 2.50. The van der Waals surface area contributed by atoms with Gasteiger partial charge in [0.15, 0.2) is 0 Å². The number of carboxylic acid groups (broad SMARTS) is 1. The Balaban J connectivity index is 2.11. The number of hydrogen-bond donors (Lipinski definition) is 2. The van der Waals surface area contributed by atoms with Crippen molar-refractivity contribution in [3.05, 3.63) is 35.4 Å². The average Bonchev–Trinajstić information content (AvgIpc) is 2.98. The molecule has 1 aromatic rings. The first-order chi connectivity index (χ1) is 7.83. The van der Waals surface area contributed by atoms with Gasteiger partial charge in [0.05, 0.1) is 11.0 Å². The van der Waals surface area contributed by atoms with Gasteiger partial charge in [-0.1, -0.05) is 24.3 Å². The molecule has 3 nitrogen and oxygen atoms in total. The highest BCUT2D eigenvalue weighted by atomic mass is 16.4. The van der Waals surface area contributed by atoms with Gasteiger partial charge < -0.3 is 10.2 Å². The van der Waals surface area contributed by atoms with E-state index in [4.69, 9.17) is 5.11 Å². The number of benzene rings is 1. The largest absolute Gasteiger partial charge is 0.481 e. The van der Waals surface area contributed by atoms with Gasteiger partial charge in [0.1, 0.15) is 0 Å². The quantitative estimate of drug-likeness (QED) is 0.840. The van der Waals surface area contributed by atoms with Gasteiger partial charge >= 0.3 is 5.97 Å². The number of carboxylic acids is 1. The summed E-state index contributed by atoms with van der Waals surface area (Å²) in [7, 11) is 0. The van der Waals surface area contributed by atoms with E-state index >= 15 is 0 Å². The van der Waals surface area contributed by atoms with Gasteiger partial charge in [0, 0.05) is 0 Å². The topological polar surface area (TPSA) is 57.5 Å². The molecule has 92 valence electrons. The van der Waals surface area contributed by atoms with Crippen molar-refractivity contribution in [1.29, 1.82) is 0 Å². The summed E-state index contributed by atoms with van der Waals surface area (Å²) in [5.74, 6) is -0.789. The van der Waals surface area contributed by atoms with Crippen molar-refractivity contribution < 1.29 is 15.0 Å². The smallest absolute Gasteiger partial charge is 0.309 e. The molecule has 0 amide bonds. The minimum Gasteiger partial charge on any atom is -0.481 e. The summed E-state index contributed by atoms with van der Waals surface area (Å²) >= 11 is 0. The van der Waals surface area contributed by atoms with Crippen LogP contribution in [-0.4, -0.2) is 16.2 Å². The lowest BCUT2D eigenvalue weighted by molar-refractivity contribution is -0.146. The minimum absolute atomic E-state index is 0.501. The second kappa shape index (κ2) is 3.84. The molecule has 1 aliphatic carbocycles. The van der Waals surface area contributed by atoms with Crippen molar-refractivity contribution in [3.63, 3.8) is 0 Å². The van der Waals surface area contributed by atoms with Gasteiger partial charge in [-0.25, -0.2) is 0 Å². The summed E-state index contributed by atoms with van der Waals surface area (Å²) in [4.78, 5) is 11.0. The van der Waals surface area contributed by atoms with E-state index < -0.39 is 17.0 Å². The van der Waals surface area contributed by atoms with Crippen LogP contribution in [0.1, 0.15) is 37.8 Å². The molecule has 3 heteroatoms. The van der Waals surface area contributed by atoms with Gasteiger partial charge in [0.25, 0.3) is 0 Å². The fourth-order valence-electron chi connectivity index (χ4n) is 1.93. The van der Waals surface area contributed by atoms with E-state index in [9.17, 15) is 9.90 Å². The van der Waals surface area contributed by atoms with Crippen LogP contribution in [0.4, 0.5) is 0 Å². The molecule has 1 fully saturated rings. The molecule has 1 saturated carbocycles. The minimum atomic E-state index is -0.789. The number of hydrogen-bond acceptors (Lipinski definition) is 2. The molecule has 0 radical (unpaired) electrons. The number of aliphatic carboxylic acids is 1. The fraction of sp³-hybridized carbons (Fsp3) is 0.500. The highest BCUT2D eigenvalue weighted by molar-refractivity contribution is 5.74. The first-order valence-electron chi connectivity index (χ1n) is 5.89. The van der Waals surface area contributed by atoms with E-state index in [0.29, 0.717) is 6.42 Å². The van der Waals surface area contributed by atoms with Crippen LogP contribution >= 0.6 is 0 Å². The Morgan fingerprint density at radius 1 is 1.29 bits per heavy atom. The van der Waals surface area contributed by atoms with Crippen LogP contribution < -0.4 is 0 Å². The summed E-state index contributed by atoms with van der Waals surface area (Å²) in [5, 5.41) is 19.0. The fourth-order valence-corrected chi connectivity index (χ4v) is 1.93. The third-order valence-electron chi connectivity index (χ3n) is 3.44. The first-order valence-corrected chi connectivity index (χ1v) is 5.89. The monoisotopic (exact) mass is 234 g/mol. The van der Waals surface area contributed by atoms with Crippen molar-refractivity contribution in [1.82, 2.24) is 0 Å². The van der Waals surface area contributed by atoms with Gasteiger partial charge in [-0.2, -0.15) is 0 Å². The maximum atomic E-state index is 11.0. The second-order valence-electron chi connectivity index (χ2n) is 5.59. The molecule has 0 heterocycles. The second-order valence-corrected chi connectivity index (χ2v) is 5.59. The third-order valence-corrected chi connectivity index (χ3v) is 3.44. The highest BCUT2D eigenvalue weighted by Gasteiger charge is 2.41. The van der Waals surface area contributed by atoms with E-state index in [0.717, 1.165) is 24.0 Å². The van der Waals surface area contributed by atoms with Gasteiger partial charge in [0.2, 0.25) is 0 Å². The number of carbonyl (C=O) groups is 1. The molecular formula is C14H18O3. The number of rotatable bonds is 4. The maximum absolute atomic E-state index is 11.0. The Bertz CT molecular complexity index is 427. The SMILES string of the molecule is CC(C)(Cc1ccc(C2(O)CC2)cc1)C(=O)O. The maximum Gasteiger partial charge on any atom is 0.309 e. The normalized spacial score (nSPS) is 17.8. The highest BCUT2D eigenvalue weighted by Crippen LogP contribution is 2.45. The Kier molecular flexibility index (Phi) is 2.74. The lowest BCUT2D eigenvalue weighted by Crippen LogP contribution is -2.26. The lowest BCUT2D eigenvalue weighted by Gasteiger charge is -2.19. The average molecular weight is 234 g/mol. The zero-order valence-corrected chi connectivity index (χ0v) is 10.2. The van der Waals surface area contributed by atoms with E-state index in [1.807, 2.05) is 24.3 Å². The van der Waals surface area contributed by atoms with Crippen LogP contribution in [0.3, 0.4) is 0 Å². The predicted octanol–water partition coefficient (Wildman–Crippen LogP) is 2.32. The van der Waals surface area contributed by atoms with E-state index in [1.54, 1.807) is 13.8 Å². The van der Waals surface area contributed by atoms with Crippen molar-refractivity contribution in [2.45, 2.75) is 38.7 Å². The molecule has 0 atom stereocenters. The standard InChI is InChI=1S/C14H18O3/c1-13(2,12(15)16)9-10-3-5-11(6-4-10)14(17)7-8-14/h3-6,17H,7-9H2,1-2H3,(H,15,16). The molecule has 1 aromatic carbocycles. The first kappa shape index (κ1) is 12.1. The Morgan fingerprint density at radius 2 is 1.82 bits per heavy atom. The molecule has 2 rings (SSSR count). The molecule has 2 N–H and O–H groups in total. The van der Waals surface area contributed by atoms with Gasteiger partial charge in [-0.05, 0) is 44.2 Å². The summed E-state index contributed by atoms with van der Waals surface area (Å²) in [6, 6.07) is 7.63. The van der Waals surface area contributed by atoms with Crippen LogP contribution in [-0.2, 0) is 16.8 Å². The molecular weight excluding hydrogens is 216 g/mol. The molecule has 0 aliphatic heterocycles. The molecule has 17 heavy (non-hydrogen) atoms. The molecule has 0 unspecified atom stereocenters. The number of aliphatic hydroxyl groups is 1. The van der Waals surface area contributed by atoms with Crippen molar-refractivity contribution in [2.75, 3.05) is 0 Å². The summed E-state index contributed by atoms with van der Waals surface area (Å²) in [6.45, 7) is 3.44. The Morgan fingerprint density at radius 3 is 2.24 bits per heavy atom. The van der Waals surface area contributed by atoms with Crippen LogP contribution in [0.2, 0.25) is 0 Å². The molecule has 0 saturated heterocycles. The summed E-state index contributed by atoms with van der Waals surface area (Å²) in [6.07, 6.45) is 2.15. The van der Waals surface area contributed by atoms with E-state index in [2.05, 4.69) is 0 Å². The van der Waals surface area contributed by atoms with Crippen LogP contribution in [0.5, 0.6) is 0 Å². The van der Waals surface area contributed by atoms with Crippen molar-refractivity contribution >= 4 is 5.97 Å². The molecule has 0 spiro atoms. The van der Waals surface area contributed by atoms with Gasteiger partial charge in [-0.15, -0.1) is 0 Å². The van der Waals surface area contributed by atoms with E-state index in [-0.39, 0.29) is 0 Å².